The number of benzene rings is 2. The van der Waals surface area contributed by atoms with Gasteiger partial charge in [-0.1, -0.05) is 42.5 Å². The fourth-order valence-electron chi connectivity index (χ4n) is 1.94. The van der Waals surface area contributed by atoms with E-state index < -0.39 is 0 Å². The van der Waals surface area contributed by atoms with Crippen molar-refractivity contribution in [3.05, 3.63) is 59.9 Å². The molecule has 3 heteroatoms. The molecule has 0 aliphatic carbocycles. The molecule has 2 nitrogen and oxygen atoms in total. The van der Waals surface area contributed by atoms with Crippen molar-refractivity contribution >= 4 is 5.91 Å². The summed E-state index contributed by atoms with van der Waals surface area (Å²) in [5.74, 6) is -0.609. The van der Waals surface area contributed by atoms with Gasteiger partial charge in [0.05, 0.1) is 0 Å². The van der Waals surface area contributed by atoms with Gasteiger partial charge in [-0.15, -0.1) is 0 Å². The number of aryl methyl sites for hydroxylation is 1. The van der Waals surface area contributed by atoms with Crippen molar-refractivity contribution in [3.63, 3.8) is 0 Å². The molecule has 0 radical (unpaired) electrons. The highest BCUT2D eigenvalue weighted by molar-refractivity contribution is 5.75. The zero-order valence-electron chi connectivity index (χ0n) is 9.90. The summed E-state index contributed by atoms with van der Waals surface area (Å²) in [7, 11) is 0. The molecule has 2 aromatic carbocycles. The van der Waals surface area contributed by atoms with Crippen LogP contribution in [0.1, 0.15) is 12.0 Å². The molecule has 0 bridgehead atoms. The maximum absolute atomic E-state index is 13.8. The van der Waals surface area contributed by atoms with Gasteiger partial charge < -0.3 is 5.73 Å². The van der Waals surface area contributed by atoms with Gasteiger partial charge in [-0.3, -0.25) is 4.79 Å². The average molecular weight is 243 g/mol. The number of hydrogen-bond acceptors (Lipinski definition) is 1. The lowest BCUT2D eigenvalue weighted by Crippen LogP contribution is -2.11. The molecule has 0 heterocycles. The molecule has 2 N–H and O–H groups in total. The lowest BCUT2D eigenvalue weighted by atomic mass is 9.96. The van der Waals surface area contributed by atoms with E-state index in [2.05, 4.69) is 0 Å². The minimum absolute atomic E-state index is 0.260. The van der Waals surface area contributed by atoms with Crippen LogP contribution in [0.5, 0.6) is 0 Å². The third-order valence-electron chi connectivity index (χ3n) is 2.82. The maximum Gasteiger partial charge on any atom is 0.217 e. The molecule has 0 saturated heterocycles. The minimum atomic E-state index is -0.349. The molecular formula is C15H14FNO. The molecule has 0 aliphatic rings. The number of primary amides is 1. The molecule has 0 spiro atoms. The molecular weight excluding hydrogens is 229 g/mol. The number of amides is 1. The number of halogens is 1. The second kappa shape index (κ2) is 5.45. The third-order valence-corrected chi connectivity index (χ3v) is 2.82. The van der Waals surface area contributed by atoms with Crippen LogP contribution in [-0.2, 0) is 11.2 Å². The molecule has 0 saturated carbocycles. The van der Waals surface area contributed by atoms with Gasteiger partial charge in [-0.05, 0) is 23.6 Å². The number of nitrogens with two attached hydrogens (primary N) is 1. The highest BCUT2D eigenvalue weighted by atomic mass is 19.1. The van der Waals surface area contributed by atoms with E-state index in [1.165, 1.54) is 6.07 Å². The van der Waals surface area contributed by atoms with Crippen LogP contribution in [-0.4, -0.2) is 5.91 Å². The summed E-state index contributed by atoms with van der Waals surface area (Å²) in [5.41, 5.74) is 7.45. The summed E-state index contributed by atoms with van der Waals surface area (Å²) in [6.45, 7) is 0. The predicted molar refractivity (Wildman–Crippen MR) is 69.4 cm³/mol. The van der Waals surface area contributed by atoms with Crippen molar-refractivity contribution in [1.29, 1.82) is 0 Å². The van der Waals surface area contributed by atoms with E-state index in [1.54, 1.807) is 18.2 Å². The van der Waals surface area contributed by atoms with Crippen LogP contribution in [0.15, 0.2) is 48.5 Å². The van der Waals surface area contributed by atoms with Crippen molar-refractivity contribution in [2.45, 2.75) is 12.8 Å². The Morgan fingerprint density at radius 2 is 1.61 bits per heavy atom. The van der Waals surface area contributed by atoms with Crippen LogP contribution in [0, 0.1) is 5.82 Å². The summed E-state index contributed by atoms with van der Waals surface area (Å²) in [6, 6.07) is 14.1. The molecule has 2 rings (SSSR count). The van der Waals surface area contributed by atoms with Gasteiger partial charge >= 0.3 is 0 Å². The molecule has 18 heavy (non-hydrogen) atoms. The quantitative estimate of drug-likeness (QED) is 0.881. The second-order valence-electron chi connectivity index (χ2n) is 4.10. The Balaban J connectivity index is 2.39. The van der Waals surface area contributed by atoms with Crippen molar-refractivity contribution in [1.82, 2.24) is 0 Å². The molecule has 0 atom stereocenters. The van der Waals surface area contributed by atoms with Gasteiger partial charge in [0.1, 0.15) is 5.82 Å². The molecule has 0 aliphatic heterocycles. The molecule has 0 fully saturated rings. The predicted octanol–water partition coefficient (Wildman–Crippen LogP) is 2.91. The molecule has 92 valence electrons. The molecule has 0 aromatic heterocycles. The van der Waals surface area contributed by atoms with E-state index in [-0.39, 0.29) is 18.1 Å². The van der Waals surface area contributed by atoms with Crippen molar-refractivity contribution < 1.29 is 9.18 Å². The summed E-state index contributed by atoms with van der Waals surface area (Å²) >= 11 is 0. The average Bonchev–Trinajstić information content (AvgIpc) is 2.37. The number of carbonyl (C=O) groups excluding carboxylic acids is 1. The number of carbonyl (C=O) groups is 1. The molecule has 1 amide bonds. The van der Waals surface area contributed by atoms with E-state index in [1.807, 2.05) is 24.3 Å². The van der Waals surface area contributed by atoms with Gasteiger partial charge in [-0.2, -0.15) is 0 Å². The Labute approximate surface area is 105 Å². The van der Waals surface area contributed by atoms with Gasteiger partial charge in [0.25, 0.3) is 0 Å². The first-order valence-corrected chi connectivity index (χ1v) is 5.79. The molecule has 2 aromatic rings. The lowest BCUT2D eigenvalue weighted by Gasteiger charge is -2.09. The van der Waals surface area contributed by atoms with Crippen molar-refractivity contribution in [2.75, 3.05) is 0 Å². The van der Waals surface area contributed by atoms with E-state index in [4.69, 9.17) is 5.73 Å². The first kappa shape index (κ1) is 12.3. The standard InChI is InChI=1S/C15H14FNO/c16-14-8-4-3-7-13(14)12-6-2-1-5-11(12)9-10-15(17)18/h1-8H,9-10H2,(H2,17,18). The second-order valence-corrected chi connectivity index (χ2v) is 4.10. The normalized spacial score (nSPS) is 10.3. The van der Waals surface area contributed by atoms with Crippen LogP contribution < -0.4 is 5.73 Å². The topological polar surface area (TPSA) is 43.1 Å². The monoisotopic (exact) mass is 243 g/mol. The minimum Gasteiger partial charge on any atom is -0.370 e. The van der Waals surface area contributed by atoms with E-state index >= 15 is 0 Å². The SMILES string of the molecule is NC(=O)CCc1ccccc1-c1ccccc1F. The fraction of sp³-hybridized carbons (Fsp3) is 0.133. The van der Waals surface area contributed by atoms with Crippen LogP contribution in [0.3, 0.4) is 0 Å². The third kappa shape index (κ3) is 2.74. The number of rotatable bonds is 4. The highest BCUT2D eigenvalue weighted by Crippen LogP contribution is 2.26. The first-order valence-electron chi connectivity index (χ1n) is 5.79. The van der Waals surface area contributed by atoms with Crippen LogP contribution in [0.4, 0.5) is 4.39 Å². The fourth-order valence-corrected chi connectivity index (χ4v) is 1.94. The van der Waals surface area contributed by atoms with Crippen molar-refractivity contribution in [3.8, 4) is 11.1 Å². The van der Waals surface area contributed by atoms with Crippen LogP contribution in [0.2, 0.25) is 0 Å². The summed E-state index contributed by atoms with van der Waals surface area (Å²) in [5, 5.41) is 0. The van der Waals surface area contributed by atoms with E-state index in [0.717, 1.165) is 11.1 Å². The Bertz CT molecular complexity index is 566. The van der Waals surface area contributed by atoms with Gasteiger partial charge in [0.15, 0.2) is 0 Å². The smallest absolute Gasteiger partial charge is 0.217 e. The first-order chi connectivity index (χ1) is 8.68. The largest absolute Gasteiger partial charge is 0.370 e. The highest BCUT2D eigenvalue weighted by Gasteiger charge is 2.09. The van der Waals surface area contributed by atoms with Crippen LogP contribution in [0.25, 0.3) is 11.1 Å². The van der Waals surface area contributed by atoms with Crippen LogP contribution >= 0.6 is 0 Å². The Hall–Kier alpha value is -2.16. The zero-order valence-corrected chi connectivity index (χ0v) is 9.90. The van der Waals surface area contributed by atoms with E-state index in [9.17, 15) is 9.18 Å². The Morgan fingerprint density at radius 1 is 1.00 bits per heavy atom. The molecule has 0 unspecified atom stereocenters. The lowest BCUT2D eigenvalue weighted by molar-refractivity contribution is -0.117. The van der Waals surface area contributed by atoms with Crippen molar-refractivity contribution in [2.24, 2.45) is 5.73 Å². The van der Waals surface area contributed by atoms with Gasteiger partial charge in [0.2, 0.25) is 5.91 Å². The summed E-state index contributed by atoms with van der Waals surface area (Å²) in [4.78, 5) is 10.8. The Kier molecular flexibility index (Phi) is 3.72. The summed E-state index contributed by atoms with van der Waals surface area (Å²) < 4.78 is 13.8. The van der Waals surface area contributed by atoms with Gasteiger partial charge in [0, 0.05) is 12.0 Å². The summed E-state index contributed by atoms with van der Waals surface area (Å²) in [6.07, 6.45) is 0.797. The maximum atomic E-state index is 13.8. The van der Waals surface area contributed by atoms with Gasteiger partial charge in [-0.25, -0.2) is 4.39 Å². The zero-order chi connectivity index (χ0) is 13.0. The number of hydrogen-bond donors (Lipinski definition) is 1. The Morgan fingerprint density at radius 3 is 2.28 bits per heavy atom. The van der Waals surface area contributed by atoms with E-state index in [0.29, 0.717) is 12.0 Å².